The molecular weight excluding hydrogens is 334 g/mol. The maximum Gasteiger partial charge on any atom is 0.277 e. The van der Waals surface area contributed by atoms with Crippen molar-refractivity contribution in [3.63, 3.8) is 0 Å². The third-order valence-electron chi connectivity index (χ3n) is 4.70. The molecule has 0 saturated carbocycles. The molecule has 0 bridgehead atoms. The first-order valence-electron chi connectivity index (χ1n) is 8.75. The number of benzene rings is 1. The Morgan fingerprint density at radius 3 is 2.92 bits per heavy atom. The number of pyridine rings is 1. The Balaban J connectivity index is 1.85. The number of aromatic nitrogens is 2. The smallest absolute Gasteiger partial charge is 0.277 e. The number of anilines is 1. The highest BCUT2D eigenvalue weighted by Crippen LogP contribution is 2.29. The third-order valence-corrected chi connectivity index (χ3v) is 4.92. The Kier molecular flexibility index (Phi) is 4.22. The van der Waals surface area contributed by atoms with Gasteiger partial charge in [-0.3, -0.25) is 9.20 Å². The van der Waals surface area contributed by atoms with Crippen molar-refractivity contribution < 1.29 is 4.79 Å². The molecule has 0 aliphatic carbocycles. The van der Waals surface area contributed by atoms with Gasteiger partial charge < -0.3 is 4.90 Å². The number of carbonyl (C=O) groups is 1. The molecule has 3 aromatic rings. The SMILES string of the molecule is CCCc1nc2ccc(Cl)cn2c1C(=O)N1CCCc2ccccc21. The molecule has 1 amide bonds. The van der Waals surface area contributed by atoms with E-state index in [2.05, 4.69) is 18.0 Å². The predicted octanol–water partition coefficient (Wildman–Crippen LogP) is 4.53. The molecule has 4 nitrogen and oxygen atoms in total. The van der Waals surface area contributed by atoms with Gasteiger partial charge in [0.25, 0.3) is 5.91 Å². The molecule has 128 valence electrons. The van der Waals surface area contributed by atoms with E-state index >= 15 is 0 Å². The Labute approximate surface area is 152 Å². The van der Waals surface area contributed by atoms with E-state index in [9.17, 15) is 4.79 Å². The Bertz CT molecular complexity index is 947. The summed E-state index contributed by atoms with van der Waals surface area (Å²) in [6.07, 6.45) is 5.49. The van der Waals surface area contributed by atoms with Crippen LogP contribution in [0.4, 0.5) is 5.69 Å². The van der Waals surface area contributed by atoms with Crippen molar-refractivity contribution in [3.8, 4) is 0 Å². The van der Waals surface area contributed by atoms with E-state index in [0.29, 0.717) is 10.7 Å². The lowest BCUT2D eigenvalue weighted by Gasteiger charge is -2.29. The average Bonchev–Trinajstić information content (AvgIpc) is 2.98. The van der Waals surface area contributed by atoms with Crippen LogP contribution in [0.1, 0.15) is 41.5 Å². The van der Waals surface area contributed by atoms with Crippen molar-refractivity contribution in [2.45, 2.75) is 32.6 Å². The molecular formula is C20H20ClN3O. The van der Waals surface area contributed by atoms with E-state index in [0.717, 1.165) is 49.3 Å². The monoisotopic (exact) mass is 353 g/mol. The fourth-order valence-electron chi connectivity index (χ4n) is 3.58. The minimum atomic E-state index is 0.00497. The van der Waals surface area contributed by atoms with Gasteiger partial charge in [0, 0.05) is 18.4 Å². The first-order valence-corrected chi connectivity index (χ1v) is 9.13. The highest BCUT2D eigenvalue weighted by molar-refractivity contribution is 6.30. The van der Waals surface area contributed by atoms with Gasteiger partial charge in [0.05, 0.1) is 10.7 Å². The number of rotatable bonds is 3. The average molecular weight is 354 g/mol. The number of amides is 1. The second-order valence-electron chi connectivity index (χ2n) is 6.42. The standard InChI is InChI=1S/C20H20ClN3O/c1-2-6-16-19(24-13-15(21)10-11-18(24)22-16)20(25)23-12-5-8-14-7-3-4-9-17(14)23/h3-4,7,9-11,13H,2,5-6,8,12H2,1H3. The van der Waals surface area contributed by atoms with Crippen LogP contribution in [0.3, 0.4) is 0 Å². The van der Waals surface area contributed by atoms with Gasteiger partial charge in [0.2, 0.25) is 0 Å². The largest absolute Gasteiger partial charge is 0.307 e. The third kappa shape index (κ3) is 2.81. The van der Waals surface area contributed by atoms with Crippen LogP contribution in [0.15, 0.2) is 42.6 Å². The summed E-state index contributed by atoms with van der Waals surface area (Å²) in [6.45, 7) is 2.83. The van der Waals surface area contributed by atoms with E-state index < -0.39 is 0 Å². The molecule has 0 fully saturated rings. The number of hydrogen-bond acceptors (Lipinski definition) is 2. The Hall–Kier alpha value is -2.33. The van der Waals surface area contributed by atoms with Gasteiger partial charge in [-0.25, -0.2) is 4.98 Å². The maximum atomic E-state index is 13.5. The summed E-state index contributed by atoms with van der Waals surface area (Å²) < 4.78 is 1.84. The summed E-state index contributed by atoms with van der Waals surface area (Å²) in [5, 5.41) is 0.598. The van der Waals surface area contributed by atoms with Gasteiger partial charge in [0.1, 0.15) is 11.3 Å². The lowest BCUT2D eigenvalue weighted by atomic mass is 10.0. The minimum Gasteiger partial charge on any atom is -0.307 e. The van der Waals surface area contributed by atoms with Crippen LogP contribution in [-0.4, -0.2) is 21.8 Å². The molecule has 4 rings (SSSR count). The molecule has 0 radical (unpaired) electrons. The molecule has 0 spiro atoms. The number of aryl methyl sites for hydroxylation is 2. The van der Waals surface area contributed by atoms with E-state index in [1.54, 1.807) is 6.20 Å². The fraction of sp³-hybridized carbons (Fsp3) is 0.300. The molecule has 0 atom stereocenters. The number of hydrogen-bond donors (Lipinski definition) is 0. The fourth-order valence-corrected chi connectivity index (χ4v) is 3.74. The van der Waals surface area contributed by atoms with E-state index in [-0.39, 0.29) is 5.91 Å². The summed E-state index contributed by atoms with van der Waals surface area (Å²) in [6, 6.07) is 11.8. The number of carbonyl (C=O) groups excluding carboxylic acids is 1. The molecule has 1 aliphatic heterocycles. The Morgan fingerprint density at radius 1 is 1.24 bits per heavy atom. The lowest BCUT2D eigenvalue weighted by molar-refractivity contribution is 0.0978. The van der Waals surface area contributed by atoms with Crippen LogP contribution in [0.25, 0.3) is 5.65 Å². The quantitative estimate of drug-likeness (QED) is 0.693. The normalized spacial score (nSPS) is 13.9. The van der Waals surface area contributed by atoms with Gasteiger partial charge >= 0.3 is 0 Å². The molecule has 1 aliphatic rings. The molecule has 5 heteroatoms. The first kappa shape index (κ1) is 16.2. The molecule has 1 aromatic carbocycles. The number of fused-ring (bicyclic) bond motifs is 2. The molecule has 0 saturated heterocycles. The van der Waals surface area contributed by atoms with E-state index in [4.69, 9.17) is 11.6 Å². The summed E-state index contributed by atoms with van der Waals surface area (Å²) in [5.74, 6) is 0.00497. The van der Waals surface area contributed by atoms with Crippen LogP contribution >= 0.6 is 11.6 Å². The number of nitrogens with zero attached hydrogens (tertiary/aromatic N) is 3. The van der Waals surface area contributed by atoms with Crippen LogP contribution in [0.5, 0.6) is 0 Å². The zero-order valence-electron chi connectivity index (χ0n) is 14.2. The molecule has 2 aromatic heterocycles. The minimum absolute atomic E-state index is 0.00497. The summed E-state index contributed by atoms with van der Waals surface area (Å²) >= 11 is 6.17. The maximum absolute atomic E-state index is 13.5. The molecule has 25 heavy (non-hydrogen) atoms. The lowest BCUT2D eigenvalue weighted by Crippen LogP contribution is -2.36. The van der Waals surface area contributed by atoms with Crippen LogP contribution in [0.2, 0.25) is 5.02 Å². The summed E-state index contributed by atoms with van der Waals surface area (Å²) in [5.41, 5.74) is 4.49. The van der Waals surface area contributed by atoms with Crippen molar-refractivity contribution in [1.82, 2.24) is 9.38 Å². The number of para-hydroxylation sites is 1. The predicted molar refractivity (Wildman–Crippen MR) is 101 cm³/mol. The highest BCUT2D eigenvalue weighted by Gasteiger charge is 2.28. The zero-order valence-corrected chi connectivity index (χ0v) is 15.0. The van der Waals surface area contributed by atoms with Gasteiger partial charge in [-0.2, -0.15) is 0 Å². The molecule has 3 heterocycles. The number of halogens is 1. The van der Waals surface area contributed by atoms with Crippen molar-refractivity contribution in [2.24, 2.45) is 0 Å². The molecule has 0 unspecified atom stereocenters. The van der Waals surface area contributed by atoms with Crippen molar-refractivity contribution in [2.75, 3.05) is 11.4 Å². The molecule has 0 N–H and O–H groups in total. The van der Waals surface area contributed by atoms with Crippen LogP contribution in [0, 0.1) is 0 Å². The first-order chi connectivity index (χ1) is 12.2. The van der Waals surface area contributed by atoms with Crippen molar-refractivity contribution in [3.05, 3.63) is 64.6 Å². The van der Waals surface area contributed by atoms with Crippen LogP contribution in [-0.2, 0) is 12.8 Å². The van der Waals surface area contributed by atoms with Gasteiger partial charge in [0.15, 0.2) is 0 Å². The topological polar surface area (TPSA) is 37.6 Å². The summed E-state index contributed by atoms with van der Waals surface area (Å²) in [7, 11) is 0. The van der Waals surface area contributed by atoms with E-state index in [1.807, 2.05) is 39.6 Å². The Morgan fingerprint density at radius 2 is 2.08 bits per heavy atom. The second-order valence-corrected chi connectivity index (χ2v) is 6.86. The number of imidazole rings is 1. The van der Waals surface area contributed by atoms with Crippen LogP contribution < -0.4 is 4.90 Å². The van der Waals surface area contributed by atoms with Gasteiger partial charge in [-0.1, -0.05) is 43.1 Å². The van der Waals surface area contributed by atoms with E-state index in [1.165, 1.54) is 5.56 Å². The highest BCUT2D eigenvalue weighted by atomic mass is 35.5. The zero-order chi connectivity index (χ0) is 17.4. The summed E-state index contributed by atoms with van der Waals surface area (Å²) in [4.78, 5) is 20.0. The van der Waals surface area contributed by atoms with Gasteiger partial charge in [-0.15, -0.1) is 0 Å². The second kappa shape index (κ2) is 6.52. The van der Waals surface area contributed by atoms with Crippen molar-refractivity contribution in [1.29, 1.82) is 0 Å². The van der Waals surface area contributed by atoms with Crippen molar-refractivity contribution >= 4 is 28.8 Å². The van der Waals surface area contributed by atoms with Gasteiger partial charge in [-0.05, 0) is 43.0 Å².